The lowest BCUT2D eigenvalue weighted by atomic mass is 9.78. The third-order valence-electron chi connectivity index (χ3n) is 5.05. The second-order valence-electron chi connectivity index (χ2n) is 6.73. The summed E-state index contributed by atoms with van der Waals surface area (Å²) in [7, 11) is 0. The van der Waals surface area contributed by atoms with Crippen LogP contribution >= 0.6 is 11.6 Å². The van der Waals surface area contributed by atoms with Crippen LogP contribution < -0.4 is 5.32 Å². The molecule has 1 amide bonds. The molecule has 0 spiro atoms. The molecular weight excluding hydrogens is 319 g/mol. The number of nitrogens with one attached hydrogen (secondary N) is 1. The number of hydrogen-bond donors (Lipinski definition) is 2. The van der Waals surface area contributed by atoms with Crippen LogP contribution in [0.3, 0.4) is 0 Å². The fourth-order valence-electron chi connectivity index (χ4n) is 3.58. The molecule has 0 aromatic rings. The molecule has 2 aliphatic rings. The molecule has 6 unspecified atom stereocenters. The molecular formula is C15H23ClF3NO2. The van der Waals surface area contributed by atoms with Gasteiger partial charge in [0.2, 0.25) is 5.91 Å². The van der Waals surface area contributed by atoms with E-state index in [1.165, 1.54) is 0 Å². The summed E-state index contributed by atoms with van der Waals surface area (Å²) < 4.78 is 38.3. The van der Waals surface area contributed by atoms with Crippen LogP contribution in [-0.2, 0) is 4.79 Å². The zero-order chi connectivity index (χ0) is 16.5. The van der Waals surface area contributed by atoms with Crippen molar-refractivity contribution in [1.29, 1.82) is 0 Å². The van der Waals surface area contributed by atoms with E-state index in [1.54, 1.807) is 6.92 Å². The summed E-state index contributed by atoms with van der Waals surface area (Å²) in [6.45, 7) is 1.74. The molecule has 0 heterocycles. The van der Waals surface area contributed by atoms with Crippen LogP contribution in [0.2, 0.25) is 0 Å². The fourth-order valence-corrected chi connectivity index (χ4v) is 3.90. The molecule has 0 bridgehead atoms. The lowest BCUT2D eigenvalue weighted by Crippen LogP contribution is -2.49. The van der Waals surface area contributed by atoms with Gasteiger partial charge >= 0.3 is 6.18 Å². The second kappa shape index (κ2) is 6.95. The van der Waals surface area contributed by atoms with E-state index in [4.69, 9.17) is 11.6 Å². The van der Waals surface area contributed by atoms with Crippen molar-refractivity contribution >= 4 is 17.5 Å². The van der Waals surface area contributed by atoms with E-state index in [0.29, 0.717) is 25.7 Å². The lowest BCUT2D eigenvalue weighted by molar-refractivity contribution is -0.186. The maximum absolute atomic E-state index is 12.8. The number of aliphatic hydroxyl groups is 1. The van der Waals surface area contributed by atoms with Crippen LogP contribution in [0.5, 0.6) is 0 Å². The highest BCUT2D eigenvalue weighted by Crippen LogP contribution is 2.40. The summed E-state index contributed by atoms with van der Waals surface area (Å²) in [6, 6.07) is -0.256. The van der Waals surface area contributed by atoms with Gasteiger partial charge in [0.05, 0.1) is 17.9 Å². The smallest absolute Gasteiger partial charge is 0.391 e. The predicted octanol–water partition coefficient (Wildman–Crippen LogP) is 3.24. The molecule has 2 N–H and O–H groups in total. The summed E-state index contributed by atoms with van der Waals surface area (Å²) in [5.74, 6) is -2.33. The maximum atomic E-state index is 12.8. The van der Waals surface area contributed by atoms with Crippen LogP contribution in [0.15, 0.2) is 0 Å². The van der Waals surface area contributed by atoms with E-state index in [2.05, 4.69) is 5.32 Å². The molecule has 7 heteroatoms. The Kier molecular flexibility index (Phi) is 5.64. The highest BCUT2D eigenvalue weighted by molar-refractivity contribution is 6.20. The minimum atomic E-state index is -4.16. The Balaban J connectivity index is 1.90. The molecule has 2 aliphatic carbocycles. The van der Waals surface area contributed by atoms with E-state index in [-0.39, 0.29) is 36.1 Å². The van der Waals surface area contributed by atoms with Gasteiger partial charge in [-0.1, -0.05) is 6.92 Å². The minimum absolute atomic E-state index is 0.0415. The van der Waals surface area contributed by atoms with Crippen molar-refractivity contribution in [1.82, 2.24) is 5.32 Å². The Hall–Kier alpha value is -0.490. The molecule has 22 heavy (non-hydrogen) atoms. The molecule has 0 aliphatic heterocycles. The molecule has 0 saturated heterocycles. The minimum Gasteiger partial charge on any atom is -0.392 e. The summed E-state index contributed by atoms with van der Waals surface area (Å²) >= 11 is 6.05. The third-order valence-corrected chi connectivity index (χ3v) is 5.44. The van der Waals surface area contributed by atoms with Crippen molar-refractivity contribution in [3.8, 4) is 0 Å². The Morgan fingerprint density at radius 1 is 1.18 bits per heavy atom. The van der Waals surface area contributed by atoms with Gasteiger partial charge in [-0.25, -0.2) is 0 Å². The first-order valence-electron chi connectivity index (χ1n) is 7.87. The highest BCUT2D eigenvalue weighted by Gasteiger charge is 2.44. The largest absolute Gasteiger partial charge is 0.392 e. The predicted molar refractivity (Wildman–Crippen MR) is 77.5 cm³/mol. The first-order chi connectivity index (χ1) is 10.2. The summed E-state index contributed by atoms with van der Waals surface area (Å²) in [4.78, 5) is 12.3. The Labute approximate surface area is 133 Å². The number of halogens is 4. The Morgan fingerprint density at radius 3 is 2.45 bits per heavy atom. The lowest BCUT2D eigenvalue weighted by Gasteiger charge is -2.37. The Bertz CT molecular complexity index is 405. The van der Waals surface area contributed by atoms with Crippen molar-refractivity contribution in [3.63, 3.8) is 0 Å². The zero-order valence-electron chi connectivity index (χ0n) is 12.6. The number of rotatable bonds is 2. The Morgan fingerprint density at radius 2 is 1.86 bits per heavy atom. The number of aliphatic hydroxyl groups excluding tert-OH is 1. The first kappa shape index (κ1) is 17.9. The molecule has 2 fully saturated rings. The molecule has 3 nitrogen and oxygen atoms in total. The van der Waals surface area contributed by atoms with Crippen LogP contribution in [0.25, 0.3) is 0 Å². The number of carbonyl (C=O) groups is 1. The van der Waals surface area contributed by atoms with Gasteiger partial charge in [0.15, 0.2) is 0 Å². The maximum Gasteiger partial charge on any atom is 0.391 e. The van der Waals surface area contributed by atoms with Crippen molar-refractivity contribution in [3.05, 3.63) is 0 Å². The third kappa shape index (κ3) is 4.28. The number of alkyl halides is 4. The SMILES string of the molecule is CC1CC(C(F)(F)F)CCC1NC(=O)C1CC(Cl)CCC1O. The van der Waals surface area contributed by atoms with Gasteiger partial charge < -0.3 is 10.4 Å². The molecule has 6 atom stereocenters. The van der Waals surface area contributed by atoms with Crippen LogP contribution in [0.1, 0.15) is 45.4 Å². The van der Waals surface area contributed by atoms with E-state index in [9.17, 15) is 23.1 Å². The van der Waals surface area contributed by atoms with Crippen molar-refractivity contribution < 1.29 is 23.1 Å². The van der Waals surface area contributed by atoms with Gasteiger partial charge in [0.25, 0.3) is 0 Å². The van der Waals surface area contributed by atoms with Gasteiger partial charge in [-0.15, -0.1) is 11.6 Å². The normalized spacial score (nSPS) is 40.3. The average Bonchev–Trinajstić information content (AvgIpc) is 2.42. The van der Waals surface area contributed by atoms with E-state index >= 15 is 0 Å². The summed E-state index contributed by atoms with van der Waals surface area (Å²) in [5, 5.41) is 12.6. The molecule has 0 radical (unpaired) electrons. The summed E-state index contributed by atoms with van der Waals surface area (Å²) in [6.07, 6.45) is -2.87. The molecule has 128 valence electrons. The number of carbonyl (C=O) groups excluding carboxylic acids is 1. The fraction of sp³-hybridized carbons (Fsp3) is 0.933. The number of hydrogen-bond acceptors (Lipinski definition) is 2. The number of amides is 1. The summed E-state index contributed by atoms with van der Waals surface area (Å²) in [5.41, 5.74) is 0. The second-order valence-corrected chi connectivity index (χ2v) is 7.35. The monoisotopic (exact) mass is 341 g/mol. The van der Waals surface area contributed by atoms with Crippen molar-refractivity contribution in [2.45, 2.75) is 69.1 Å². The highest BCUT2D eigenvalue weighted by atomic mass is 35.5. The van der Waals surface area contributed by atoms with Gasteiger partial charge in [0.1, 0.15) is 0 Å². The molecule has 2 saturated carbocycles. The van der Waals surface area contributed by atoms with Crippen molar-refractivity contribution in [2.24, 2.45) is 17.8 Å². The van der Waals surface area contributed by atoms with Gasteiger partial charge in [0, 0.05) is 11.4 Å². The molecule has 2 rings (SSSR count). The van der Waals surface area contributed by atoms with Crippen LogP contribution in [0.4, 0.5) is 13.2 Å². The first-order valence-corrected chi connectivity index (χ1v) is 8.31. The zero-order valence-corrected chi connectivity index (χ0v) is 13.3. The van der Waals surface area contributed by atoms with Gasteiger partial charge in [-0.3, -0.25) is 4.79 Å². The average molecular weight is 342 g/mol. The standard InChI is InChI=1S/C15H23ClF3NO2/c1-8-6-9(15(17,18)19)2-4-12(8)20-14(22)11-7-10(16)3-5-13(11)21/h8-13,21H,2-7H2,1H3,(H,20,22). The van der Waals surface area contributed by atoms with Crippen molar-refractivity contribution in [2.75, 3.05) is 0 Å². The van der Waals surface area contributed by atoms with E-state index < -0.39 is 24.1 Å². The van der Waals surface area contributed by atoms with Gasteiger partial charge in [-0.05, 0) is 44.4 Å². The molecule has 0 aromatic carbocycles. The van der Waals surface area contributed by atoms with E-state index in [0.717, 1.165) is 0 Å². The quantitative estimate of drug-likeness (QED) is 0.758. The topological polar surface area (TPSA) is 49.3 Å². The molecule has 0 aromatic heterocycles. The van der Waals surface area contributed by atoms with Gasteiger partial charge in [-0.2, -0.15) is 13.2 Å². The van der Waals surface area contributed by atoms with E-state index in [1.807, 2.05) is 0 Å². The van der Waals surface area contributed by atoms with Crippen LogP contribution in [0, 0.1) is 17.8 Å². The van der Waals surface area contributed by atoms with Crippen LogP contribution in [-0.4, -0.2) is 34.7 Å².